The van der Waals surface area contributed by atoms with Gasteiger partial charge in [0.05, 0.1) is 39.9 Å². The van der Waals surface area contributed by atoms with Gasteiger partial charge in [0, 0.05) is 6.42 Å². The fourth-order valence-corrected chi connectivity index (χ4v) is 8.73. The van der Waals surface area contributed by atoms with E-state index in [2.05, 4.69) is 79.9 Å². The first-order valence-corrected chi connectivity index (χ1v) is 29.2. The van der Waals surface area contributed by atoms with Crippen molar-refractivity contribution in [1.29, 1.82) is 0 Å². The highest BCUT2D eigenvalue weighted by atomic mass is 31.2. The van der Waals surface area contributed by atoms with Gasteiger partial charge in [0.25, 0.3) is 0 Å². The van der Waals surface area contributed by atoms with Gasteiger partial charge in [0.2, 0.25) is 5.91 Å². The van der Waals surface area contributed by atoms with Crippen molar-refractivity contribution < 1.29 is 38.0 Å². The van der Waals surface area contributed by atoms with Crippen molar-refractivity contribution in [2.24, 2.45) is 0 Å². The van der Waals surface area contributed by atoms with Crippen LogP contribution in [0.25, 0.3) is 0 Å². The lowest BCUT2D eigenvalue weighted by molar-refractivity contribution is -0.870. The molecule has 0 aliphatic heterocycles. The molecule has 0 fully saturated rings. The number of carbonyl (C=O) groups is 1. The number of amides is 1. The van der Waals surface area contributed by atoms with Crippen molar-refractivity contribution in [3.63, 3.8) is 0 Å². The molecule has 0 rings (SSSR count). The highest BCUT2D eigenvalue weighted by Crippen LogP contribution is 2.43. The number of allylic oxidation sites excluding steroid dienone is 10. The number of rotatable bonds is 50. The number of unbranched alkanes of at least 4 members (excludes halogenated alkanes) is 26. The maximum Gasteiger partial charge on any atom is 0.472 e. The number of nitrogens with zero attached hydrogens (tertiary/aromatic N) is 1. The van der Waals surface area contributed by atoms with E-state index in [1.54, 1.807) is 0 Å². The summed E-state index contributed by atoms with van der Waals surface area (Å²) in [6, 6.07) is -1.03. The van der Waals surface area contributed by atoms with Gasteiger partial charge in [-0.3, -0.25) is 13.8 Å². The van der Waals surface area contributed by atoms with E-state index in [4.69, 9.17) is 9.05 Å². The van der Waals surface area contributed by atoms with E-state index in [1.165, 1.54) is 141 Å². The van der Waals surface area contributed by atoms with Crippen LogP contribution in [0.3, 0.4) is 0 Å². The Kier molecular flexibility index (Phi) is 46.5. The molecule has 0 saturated heterocycles. The average Bonchev–Trinajstić information content (AvgIpc) is 3.29. The van der Waals surface area contributed by atoms with Crippen molar-refractivity contribution in [3.05, 3.63) is 60.8 Å². The zero-order chi connectivity index (χ0) is 49.4. The number of aliphatic hydroxyl groups is 2. The highest BCUT2D eigenvalue weighted by Gasteiger charge is 2.32. The molecular formula is C57H108N2O7P+. The van der Waals surface area contributed by atoms with E-state index in [0.717, 1.165) is 70.6 Å². The molecule has 392 valence electrons. The van der Waals surface area contributed by atoms with Crippen LogP contribution in [0.4, 0.5) is 0 Å². The standard InChI is InChI=1S/C57H107N2O7P/c1-6-8-10-12-14-16-18-20-21-22-23-24-25-26-27-28-29-30-31-32-33-34-35-36-37-38-40-42-44-46-48-50-56(61)58-54(53-66-67(63,64)65-52-51-59(3,4)5)57(62)55(60)49-47-45-43-41-39-19-17-15-13-11-9-7-2/h8,10,14,16,20-21,23-24,26-27,54-55,57,60,62H,6-7,9,11-13,15,17-19,22,25,28-53H2,1-5H3,(H-,58,61,63,64)/p+1/b10-8-,16-14-,21-20-,24-23-,27-26-. The first-order chi connectivity index (χ1) is 32.4. The smallest absolute Gasteiger partial charge is 0.390 e. The number of phosphoric ester groups is 1. The Morgan fingerprint density at radius 3 is 1.36 bits per heavy atom. The summed E-state index contributed by atoms with van der Waals surface area (Å²) in [6.07, 6.45) is 60.1. The van der Waals surface area contributed by atoms with Gasteiger partial charge >= 0.3 is 7.82 Å². The lowest BCUT2D eigenvalue weighted by Crippen LogP contribution is -2.51. The minimum atomic E-state index is -4.42. The Morgan fingerprint density at radius 2 is 0.925 bits per heavy atom. The quantitative estimate of drug-likeness (QED) is 0.0207. The molecule has 0 aliphatic rings. The Bertz CT molecular complexity index is 1290. The number of phosphoric acid groups is 1. The molecule has 0 aromatic heterocycles. The average molecular weight is 964 g/mol. The molecule has 67 heavy (non-hydrogen) atoms. The van der Waals surface area contributed by atoms with Gasteiger partial charge in [-0.15, -0.1) is 0 Å². The molecule has 0 aromatic carbocycles. The third kappa shape index (κ3) is 49.0. The summed E-state index contributed by atoms with van der Waals surface area (Å²) in [4.78, 5) is 23.3. The van der Waals surface area contributed by atoms with Gasteiger partial charge in [-0.05, 0) is 57.8 Å². The monoisotopic (exact) mass is 964 g/mol. The minimum absolute atomic E-state index is 0.0209. The molecule has 0 spiro atoms. The fourth-order valence-electron chi connectivity index (χ4n) is 7.99. The summed E-state index contributed by atoms with van der Waals surface area (Å²) in [5.41, 5.74) is 0. The van der Waals surface area contributed by atoms with Gasteiger partial charge < -0.3 is 24.9 Å². The summed E-state index contributed by atoms with van der Waals surface area (Å²) >= 11 is 0. The Labute approximate surface area is 414 Å². The van der Waals surface area contributed by atoms with Crippen LogP contribution in [0, 0.1) is 0 Å². The molecule has 0 saturated carbocycles. The first-order valence-electron chi connectivity index (χ1n) is 27.7. The molecule has 0 radical (unpaired) electrons. The van der Waals surface area contributed by atoms with Crippen LogP contribution in [0.2, 0.25) is 0 Å². The molecule has 0 heterocycles. The largest absolute Gasteiger partial charge is 0.472 e. The van der Waals surface area contributed by atoms with Crippen molar-refractivity contribution >= 4 is 13.7 Å². The number of hydrogen-bond acceptors (Lipinski definition) is 6. The van der Waals surface area contributed by atoms with Crippen LogP contribution in [0.5, 0.6) is 0 Å². The number of quaternary nitrogens is 1. The second-order valence-corrected chi connectivity index (χ2v) is 21.5. The fraction of sp³-hybridized carbons (Fsp3) is 0.807. The summed E-state index contributed by atoms with van der Waals surface area (Å²) in [5.74, 6) is -0.259. The SMILES string of the molecule is CC/C=C\C/C=C\C/C=C\C/C=C\C/C=C\CCCCCCCCCCCCCCCCCC(=O)NC(COP(=O)(O)OCC[N+](C)(C)C)C(O)C(O)CCCCCCCCCCCCCC. The lowest BCUT2D eigenvalue weighted by Gasteiger charge is -2.28. The molecule has 4 N–H and O–H groups in total. The number of aliphatic hydroxyl groups excluding tert-OH is 2. The van der Waals surface area contributed by atoms with Crippen molar-refractivity contribution in [2.75, 3.05) is 40.9 Å². The Balaban J connectivity index is 4.15. The lowest BCUT2D eigenvalue weighted by atomic mass is 9.99. The van der Waals surface area contributed by atoms with Crippen molar-refractivity contribution in [3.8, 4) is 0 Å². The predicted octanol–water partition coefficient (Wildman–Crippen LogP) is 15.5. The summed E-state index contributed by atoms with van der Waals surface area (Å²) < 4.78 is 23.6. The number of hydrogen-bond donors (Lipinski definition) is 4. The highest BCUT2D eigenvalue weighted by molar-refractivity contribution is 7.47. The van der Waals surface area contributed by atoms with Crippen LogP contribution in [-0.4, -0.2) is 84.6 Å². The molecule has 4 unspecified atom stereocenters. The van der Waals surface area contributed by atoms with E-state index in [0.29, 0.717) is 23.9 Å². The predicted molar refractivity (Wildman–Crippen MR) is 287 cm³/mol. The third-order valence-electron chi connectivity index (χ3n) is 12.4. The van der Waals surface area contributed by atoms with Crippen LogP contribution in [-0.2, 0) is 18.4 Å². The number of likely N-dealkylation sites (N-methyl/N-ethyl adjacent to an activating group) is 1. The van der Waals surface area contributed by atoms with Crippen LogP contribution in [0.1, 0.15) is 239 Å². The third-order valence-corrected chi connectivity index (χ3v) is 13.4. The minimum Gasteiger partial charge on any atom is -0.390 e. The Hall–Kier alpha value is -1.84. The second-order valence-electron chi connectivity index (χ2n) is 20.1. The normalized spacial score (nSPS) is 14.9. The molecule has 0 aliphatic carbocycles. The van der Waals surface area contributed by atoms with E-state index in [1.807, 2.05) is 21.1 Å². The first kappa shape index (κ1) is 65.2. The molecule has 10 heteroatoms. The van der Waals surface area contributed by atoms with E-state index in [-0.39, 0.29) is 12.5 Å². The molecule has 9 nitrogen and oxygen atoms in total. The second kappa shape index (κ2) is 47.8. The van der Waals surface area contributed by atoms with Crippen molar-refractivity contribution in [2.45, 2.75) is 257 Å². The Morgan fingerprint density at radius 1 is 0.537 bits per heavy atom. The zero-order valence-corrected chi connectivity index (χ0v) is 45.1. The van der Waals surface area contributed by atoms with Crippen LogP contribution >= 0.6 is 7.82 Å². The van der Waals surface area contributed by atoms with Gasteiger partial charge in [0.1, 0.15) is 19.3 Å². The van der Waals surface area contributed by atoms with E-state index in [9.17, 15) is 24.5 Å². The molecule has 0 bridgehead atoms. The van der Waals surface area contributed by atoms with Gasteiger partial charge in [0.15, 0.2) is 0 Å². The maximum atomic E-state index is 13.0. The topological polar surface area (TPSA) is 125 Å². The van der Waals surface area contributed by atoms with Gasteiger partial charge in [-0.1, -0.05) is 235 Å². The number of carbonyl (C=O) groups excluding carboxylic acids is 1. The summed E-state index contributed by atoms with van der Waals surface area (Å²) in [5, 5.41) is 24.8. The number of nitrogens with one attached hydrogen (secondary N) is 1. The summed E-state index contributed by atoms with van der Waals surface area (Å²) in [6.45, 7) is 4.50. The van der Waals surface area contributed by atoms with Crippen LogP contribution in [0.15, 0.2) is 60.8 Å². The molecule has 0 aromatic rings. The van der Waals surface area contributed by atoms with E-state index < -0.39 is 32.7 Å². The molecule has 1 amide bonds. The maximum absolute atomic E-state index is 13.0. The van der Waals surface area contributed by atoms with Crippen molar-refractivity contribution in [1.82, 2.24) is 5.32 Å². The zero-order valence-electron chi connectivity index (χ0n) is 44.2. The molecular weight excluding hydrogens is 856 g/mol. The summed E-state index contributed by atoms with van der Waals surface area (Å²) in [7, 11) is 1.44. The van der Waals surface area contributed by atoms with Gasteiger partial charge in [-0.25, -0.2) is 4.57 Å². The van der Waals surface area contributed by atoms with Gasteiger partial charge in [-0.2, -0.15) is 0 Å². The molecule has 4 atom stereocenters. The van der Waals surface area contributed by atoms with E-state index >= 15 is 0 Å². The van der Waals surface area contributed by atoms with Crippen LogP contribution < -0.4 is 5.32 Å².